The summed E-state index contributed by atoms with van der Waals surface area (Å²) in [6, 6.07) is 4.43. The lowest BCUT2D eigenvalue weighted by Crippen LogP contribution is -2.65. The summed E-state index contributed by atoms with van der Waals surface area (Å²) in [5.74, 6) is -3.89. The molecule has 3 unspecified atom stereocenters. The number of hydroxylamine groups is 2. The molecule has 3 amide bonds. The minimum absolute atomic E-state index is 0.0503. The molecule has 9 nitrogen and oxygen atoms in total. The molecule has 2 bridgehead atoms. The number of aromatic nitrogens is 1. The van der Waals surface area contributed by atoms with Gasteiger partial charge in [-0.15, -0.1) is 0 Å². The van der Waals surface area contributed by atoms with Crippen LogP contribution in [0.25, 0.3) is 0 Å². The third kappa shape index (κ3) is 4.98. The van der Waals surface area contributed by atoms with Crippen LogP contribution >= 0.6 is 0 Å². The van der Waals surface area contributed by atoms with Crippen LogP contribution in [0.1, 0.15) is 44.0 Å². The Hall–Kier alpha value is -3.81. The predicted octanol–water partition coefficient (Wildman–Crippen LogP) is 4.22. The van der Waals surface area contributed by atoms with Gasteiger partial charge in [-0.1, -0.05) is 20.8 Å². The van der Waals surface area contributed by atoms with Gasteiger partial charge in [0.25, 0.3) is 11.6 Å². The monoisotopic (exact) mass is 583 g/mol. The van der Waals surface area contributed by atoms with Crippen molar-refractivity contribution in [2.45, 2.75) is 51.9 Å². The second kappa shape index (κ2) is 9.64. The number of H-pyrrole nitrogens is 1. The molecule has 4 aliphatic heterocycles. The molecule has 41 heavy (non-hydrogen) atoms. The number of hydrogen-bond acceptors (Lipinski definition) is 5. The first-order valence-corrected chi connectivity index (χ1v) is 13.1. The number of pyridine rings is 1. The van der Waals surface area contributed by atoms with Crippen LogP contribution in [0.3, 0.4) is 0 Å². The normalized spacial score (nSPS) is 24.1. The highest BCUT2D eigenvalue weighted by molar-refractivity contribution is 6.07. The molecule has 5 heterocycles. The van der Waals surface area contributed by atoms with Gasteiger partial charge in [-0.25, -0.2) is 23.4 Å². The number of alkyl halides is 3. The van der Waals surface area contributed by atoms with E-state index in [1.54, 1.807) is 26.8 Å². The largest absolute Gasteiger partial charge is 0.529 e. The first-order valence-electron chi connectivity index (χ1n) is 13.1. The van der Waals surface area contributed by atoms with Crippen LogP contribution in [0.2, 0.25) is 0 Å². The zero-order chi connectivity index (χ0) is 30.1. The summed E-state index contributed by atoms with van der Waals surface area (Å²) < 4.78 is 66.5. The van der Waals surface area contributed by atoms with E-state index in [1.165, 1.54) is 18.0 Å². The summed E-state index contributed by atoms with van der Waals surface area (Å²) in [5.41, 5.74) is -1.00. The van der Waals surface area contributed by atoms with Crippen molar-refractivity contribution in [3.63, 3.8) is 0 Å². The summed E-state index contributed by atoms with van der Waals surface area (Å²) in [6.45, 7) is 5.49. The van der Waals surface area contributed by atoms with Gasteiger partial charge in [0.05, 0.1) is 37.8 Å². The Morgan fingerprint density at radius 2 is 1.73 bits per heavy atom. The number of halogens is 5. The van der Waals surface area contributed by atoms with Crippen LogP contribution in [0, 0.1) is 17.0 Å². The van der Waals surface area contributed by atoms with Gasteiger partial charge in [0.15, 0.2) is 0 Å². The number of piperidine rings is 2. The molecule has 3 saturated heterocycles. The molecule has 0 spiro atoms. The Labute approximate surface area is 232 Å². The van der Waals surface area contributed by atoms with E-state index in [4.69, 9.17) is 4.84 Å². The Balaban J connectivity index is 1.45. The number of rotatable bonds is 4. The Bertz CT molecular complexity index is 1430. The number of nitrogens with one attached hydrogen (secondary N) is 1. The number of hydrogen-bond donors (Lipinski definition) is 0. The van der Waals surface area contributed by atoms with E-state index in [2.05, 4.69) is 4.98 Å². The molecular weight excluding hydrogens is 553 g/mol. The number of quaternary nitrogens is 1. The molecule has 3 atom stereocenters. The van der Waals surface area contributed by atoms with E-state index in [9.17, 15) is 36.3 Å². The van der Waals surface area contributed by atoms with Crippen molar-refractivity contribution in [3.8, 4) is 0 Å². The SMILES string of the molecule is CN1C(=O)[N+](CC(C)(C)C)(OC(=O)C(F)(F)F)c2ccc(N3CC4CCC3CN4C(=O)c3cc(F)ccc3F)[nH+]c21. The van der Waals surface area contributed by atoms with Gasteiger partial charge < -0.3 is 4.90 Å². The Morgan fingerprint density at radius 3 is 2.34 bits per heavy atom. The van der Waals surface area contributed by atoms with Crippen molar-refractivity contribution in [1.29, 1.82) is 0 Å². The number of amides is 3. The van der Waals surface area contributed by atoms with Crippen molar-refractivity contribution in [2.24, 2.45) is 5.41 Å². The maximum absolute atomic E-state index is 14.3. The van der Waals surface area contributed by atoms with E-state index in [1.807, 2.05) is 4.90 Å². The van der Waals surface area contributed by atoms with Gasteiger partial charge in [0.1, 0.15) is 18.2 Å². The van der Waals surface area contributed by atoms with Crippen molar-refractivity contribution in [1.82, 2.24) is 9.55 Å². The number of fused-ring (bicyclic) bond motifs is 4. The lowest BCUT2D eigenvalue weighted by Gasteiger charge is -2.49. The molecule has 0 aliphatic carbocycles. The van der Waals surface area contributed by atoms with E-state index >= 15 is 0 Å². The van der Waals surface area contributed by atoms with Gasteiger partial charge in [0.2, 0.25) is 5.82 Å². The number of aromatic amines is 1. The minimum Gasteiger partial charge on any atom is -0.329 e. The molecule has 220 valence electrons. The van der Waals surface area contributed by atoms with Crippen molar-refractivity contribution in [3.05, 3.63) is 47.5 Å². The topological polar surface area (TPSA) is 84.3 Å². The van der Waals surface area contributed by atoms with Crippen LogP contribution < -0.4 is 19.4 Å². The van der Waals surface area contributed by atoms with E-state index in [0.717, 1.165) is 23.1 Å². The van der Waals surface area contributed by atoms with Gasteiger partial charge >= 0.3 is 24.0 Å². The third-order valence-corrected chi connectivity index (χ3v) is 7.63. The summed E-state index contributed by atoms with van der Waals surface area (Å²) in [7, 11) is 1.38. The standard InChI is InChI=1S/C27H29F5N5O4/c1-26(2,3)14-37(41-24(39)27(30,31)32)20-9-10-21(33-22(20)34(4)25(37)40)35-12-17-7-6-16(35)13-36(17)23(38)18-11-15(28)5-8-19(18)29/h5,8-11,16-17H,6-7,12-14H2,1-4H3/q+1/p+1. The predicted molar refractivity (Wildman–Crippen MR) is 137 cm³/mol. The van der Waals surface area contributed by atoms with E-state index in [-0.39, 0.29) is 42.2 Å². The fraction of sp³-hybridized carbons (Fsp3) is 0.481. The number of benzene rings is 1. The maximum Gasteiger partial charge on any atom is 0.529 e. The lowest BCUT2D eigenvalue weighted by molar-refractivity contribution is -0.349. The van der Waals surface area contributed by atoms with Gasteiger partial charge in [-0.05, 0) is 31.0 Å². The first kappa shape index (κ1) is 28.7. The molecule has 14 heteroatoms. The highest BCUT2D eigenvalue weighted by Gasteiger charge is 2.64. The zero-order valence-electron chi connectivity index (χ0n) is 22.9. The van der Waals surface area contributed by atoms with Gasteiger partial charge in [-0.2, -0.15) is 22.9 Å². The second-order valence-corrected chi connectivity index (χ2v) is 11.9. The van der Waals surface area contributed by atoms with E-state index in [0.29, 0.717) is 25.2 Å². The summed E-state index contributed by atoms with van der Waals surface area (Å²) in [4.78, 5) is 51.3. The average molecular weight is 584 g/mol. The molecule has 4 aliphatic rings. The molecule has 0 radical (unpaired) electrons. The van der Waals surface area contributed by atoms with Gasteiger partial charge in [0, 0.05) is 22.2 Å². The maximum atomic E-state index is 14.3. The van der Waals surface area contributed by atoms with Crippen LogP contribution in [0.5, 0.6) is 0 Å². The van der Waals surface area contributed by atoms with Crippen LogP contribution in [0.15, 0.2) is 30.3 Å². The third-order valence-electron chi connectivity index (χ3n) is 7.63. The summed E-state index contributed by atoms with van der Waals surface area (Å²) in [6.07, 6.45) is -3.96. The first-order chi connectivity index (χ1) is 19.0. The number of piperazine rings is 1. The lowest BCUT2D eigenvalue weighted by atomic mass is 9.90. The summed E-state index contributed by atoms with van der Waals surface area (Å²) >= 11 is 0. The highest BCUT2D eigenvalue weighted by Crippen LogP contribution is 2.44. The van der Waals surface area contributed by atoms with Crippen molar-refractivity contribution >= 4 is 35.2 Å². The van der Waals surface area contributed by atoms with Crippen molar-refractivity contribution in [2.75, 3.05) is 36.5 Å². The molecule has 1 N–H and O–H groups in total. The fourth-order valence-corrected chi connectivity index (χ4v) is 5.94. The minimum atomic E-state index is -5.31. The number of nitrogens with zero attached hydrogens (tertiary/aromatic N) is 4. The average Bonchev–Trinajstić information content (AvgIpc) is 3.09. The molecule has 1 aromatic heterocycles. The second-order valence-electron chi connectivity index (χ2n) is 11.9. The molecule has 6 rings (SSSR count). The number of carbonyl (C=O) groups excluding carboxylic acids is 3. The number of urea groups is 1. The van der Waals surface area contributed by atoms with Crippen LogP contribution in [-0.4, -0.2) is 67.7 Å². The van der Waals surface area contributed by atoms with E-state index < -0.39 is 45.8 Å². The smallest absolute Gasteiger partial charge is 0.329 e. The molecule has 3 fully saturated rings. The summed E-state index contributed by atoms with van der Waals surface area (Å²) in [5, 5.41) is 0. The van der Waals surface area contributed by atoms with Gasteiger partial charge in [-0.3, -0.25) is 9.69 Å². The molecule has 1 aromatic carbocycles. The fourth-order valence-electron chi connectivity index (χ4n) is 5.94. The Kier molecular flexibility index (Phi) is 6.75. The number of carbonyl (C=O) groups is 3. The number of anilines is 2. The molecular formula is C27H30F5N5O4+2. The molecule has 2 aromatic rings. The highest BCUT2D eigenvalue weighted by atomic mass is 19.4. The zero-order valence-corrected chi connectivity index (χ0v) is 22.9. The van der Waals surface area contributed by atoms with Crippen molar-refractivity contribution < 1.29 is 46.2 Å². The van der Waals surface area contributed by atoms with Crippen LogP contribution in [0.4, 0.5) is 44.1 Å². The molecule has 0 saturated carbocycles. The quantitative estimate of drug-likeness (QED) is 0.398. The van der Waals surface area contributed by atoms with Crippen LogP contribution in [-0.2, 0) is 9.63 Å². The Morgan fingerprint density at radius 1 is 1.05 bits per heavy atom.